The van der Waals surface area contributed by atoms with E-state index in [1.807, 2.05) is 24.5 Å². The highest BCUT2D eigenvalue weighted by molar-refractivity contribution is 7.10. The predicted octanol–water partition coefficient (Wildman–Crippen LogP) is 4.66. The summed E-state index contributed by atoms with van der Waals surface area (Å²) in [5, 5.41) is 5.77. The molecule has 3 heteroatoms. The van der Waals surface area contributed by atoms with E-state index in [9.17, 15) is 0 Å². The maximum atomic E-state index is 4.17. The Morgan fingerprint density at radius 1 is 1.10 bits per heavy atom. The Labute approximate surface area is 129 Å². The molecule has 1 atom stereocenters. The summed E-state index contributed by atoms with van der Waals surface area (Å²) in [4.78, 5) is 5.52. The van der Waals surface area contributed by atoms with Gasteiger partial charge in [0.15, 0.2) is 0 Å². The number of rotatable bonds is 5. The minimum Gasteiger partial charge on any atom is -0.305 e. The van der Waals surface area contributed by atoms with E-state index in [0.717, 1.165) is 6.54 Å². The van der Waals surface area contributed by atoms with E-state index < -0.39 is 0 Å². The van der Waals surface area contributed by atoms with Gasteiger partial charge in [-0.1, -0.05) is 36.4 Å². The monoisotopic (exact) mass is 294 g/mol. The van der Waals surface area contributed by atoms with Crippen molar-refractivity contribution in [2.24, 2.45) is 0 Å². The average Bonchev–Trinajstić information content (AvgIpc) is 3.03. The molecule has 2 heterocycles. The molecular formula is C18H18N2S. The number of aromatic nitrogens is 1. The molecule has 0 bridgehead atoms. The molecule has 1 aromatic carbocycles. The van der Waals surface area contributed by atoms with E-state index in [4.69, 9.17) is 0 Å². The van der Waals surface area contributed by atoms with Crippen LogP contribution in [-0.4, -0.2) is 4.98 Å². The summed E-state index contributed by atoms with van der Waals surface area (Å²) in [6, 6.07) is 17.2. The van der Waals surface area contributed by atoms with Crippen LogP contribution in [0.25, 0.3) is 11.1 Å². The molecule has 0 aliphatic heterocycles. The van der Waals surface area contributed by atoms with Crippen molar-refractivity contribution in [3.63, 3.8) is 0 Å². The Morgan fingerprint density at radius 3 is 2.71 bits per heavy atom. The molecule has 2 nitrogen and oxygen atoms in total. The molecule has 0 spiro atoms. The fraction of sp³-hybridized carbons (Fsp3) is 0.167. The zero-order valence-electron chi connectivity index (χ0n) is 12.0. The lowest BCUT2D eigenvalue weighted by Gasteiger charge is -2.12. The highest BCUT2D eigenvalue weighted by Crippen LogP contribution is 2.25. The first-order valence-electron chi connectivity index (χ1n) is 7.09. The molecule has 0 saturated carbocycles. The van der Waals surface area contributed by atoms with Gasteiger partial charge < -0.3 is 5.32 Å². The molecule has 0 amide bonds. The third-order valence-electron chi connectivity index (χ3n) is 3.53. The zero-order chi connectivity index (χ0) is 14.5. The van der Waals surface area contributed by atoms with E-state index in [0.29, 0.717) is 6.04 Å². The summed E-state index contributed by atoms with van der Waals surface area (Å²) < 4.78 is 0. The molecule has 0 aliphatic carbocycles. The minimum atomic E-state index is 0.306. The molecule has 106 valence electrons. The van der Waals surface area contributed by atoms with Gasteiger partial charge in [0.05, 0.1) is 0 Å². The summed E-state index contributed by atoms with van der Waals surface area (Å²) in [6.07, 6.45) is 3.73. The second kappa shape index (κ2) is 6.66. The van der Waals surface area contributed by atoms with Gasteiger partial charge in [0, 0.05) is 29.9 Å². The van der Waals surface area contributed by atoms with Crippen molar-refractivity contribution in [3.05, 3.63) is 76.7 Å². The topological polar surface area (TPSA) is 24.9 Å². The maximum Gasteiger partial charge on any atom is 0.0315 e. The smallest absolute Gasteiger partial charge is 0.0315 e. The standard InChI is InChI=1S/C18H18N2S/c1-14(16-8-5-9-19-11-16)20-12-18-10-17(13-21-18)15-6-3-2-4-7-15/h2-11,13-14,20H,12H2,1H3. The molecule has 0 saturated heterocycles. The van der Waals surface area contributed by atoms with Gasteiger partial charge in [0.2, 0.25) is 0 Å². The van der Waals surface area contributed by atoms with Crippen LogP contribution in [0.4, 0.5) is 0 Å². The second-order valence-electron chi connectivity index (χ2n) is 5.06. The van der Waals surface area contributed by atoms with Crippen LogP contribution in [0.5, 0.6) is 0 Å². The van der Waals surface area contributed by atoms with Gasteiger partial charge in [-0.15, -0.1) is 11.3 Å². The number of hydrogen-bond donors (Lipinski definition) is 1. The Bertz CT molecular complexity index is 677. The Balaban J connectivity index is 1.63. The SMILES string of the molecule is CC(NCc1cc(-c2ccccc2)cs1)c1cccnc1. The summed E-state index contributed by atoms with van der Waals surface area (Å²) in [5.74, 6) is 0. The van der Waals surface area contributed by atoms with Crippen LogP contribution in [0.2, 0.25) is 0 Å². The maximum absolute atomic E-state index is 4.17. The van der Waals surface area contributed by atoms with Crippen LogP contribution < -0.4 is 5.32 Å². The van der Waals surface area contributed by atoms with Crippen LogP contribution in [0.15, 0.2) is 66.3 Å². The van der Waals surface area contributed by atoms with Crippen LogP contribution in [0, 0.1) is 0 Å². The number of nitrogens with one attached hydrogen (secondary N) is 1. The van der Waals surface area contributed by atoms with Gasteiger partial charge in [0.1, 0.15) is 0 Å². The molecule has 0 fully saturated rings. The first kappa shape index (κ1) is 14.0. The third-order valence-corrected chi connectivity index (χ3v) is 4.46. The number of nitrogens with zero attached hydrogens (tertiary/aromatic N) is 1. The molecule has 2 aromatic heterocycles. The number of benzene rings is 1. The quantitative estimate of drug-likeness (QED) is 0.740. The highest BCUT2D eigenvalue weighted by Gasteiger charge is 2.06. The number of pyridine rings is 1. The van der Waals surface area contributed by atoms with Crippen molar-refractivity contribution in [1.82, 2.24) is 10.3 Å². The van der Waals surface area contributed by atoms with Gasteiger partial charge in [-0.2, -0.15) is 0 Å². The lowest BCUT2D eigenvalue weighted by Crippen LogP contribution is -2.17. The Hall–Kier alpha value is -1.97. The van der Waals surface area contributed by atoms with E-state index >= 15 is 0 Å². The van der Waals surface area contributed by atoms with Crippen LogP contribution in [0.3, 0.4) is 0 Å². The van der Waals surface area contributed by atoms with Gasteiger partial charge in [-0.25, -0.2) is 0 Å². The van der Waals surface area contributed by atoms with Crippen molar-refractivity contribution in [3.8, 4) is 11.1 Å². The van der Waals surface area contributed by atoms with E-state index in [1.54, 1.807) is 11.3 Å². The molecule has 0 radical (unpaired) electrons. The van der Waals surface area contributed by atoms with Gasteiger partial charge in [0.25, 0.3) is 0 Å². The fourth-order valence-corrected chi connectivity index (χ4v) is 3.10. The van der Waals surface area contributed by atoms with Crippen molar-refractivity contribution >= 4 is 11.3 Å². The zero-order valence-corrected chi connectivity index (χ0v) is 12.8. The molecule has 3 rings (SSSR count). The molecule has 1 N–H and O–H groups in total. The van der Waals surface area contributed by atoms with E-state index in [2.05, 4.69) is 59.0 Å². The Kier molecular flexibility index (Phi) is 4.43. The predicted molar refractivity (Wildman–Crippen MR) is 89.2 cm³/mol. The average molecular weight is 294 g/mol. The second-order valence-corrected chi connectivity index (χ2v) is 6.05. The number of thiophene rings is 1. The largest absolute Gasteiger partial charge is 0.305 e. The Morgan fingerprint density at radius 2 is 1.95 bits per heavy atom. The van der Waals surface area contributed by atoms with Crippen molar-refractivity contribution < 1.29 is 0 Å². The van der Waals surface area contributed by atoms with Crippen molar-refractivity contribution in [1.29, 1.82) is 0 Å². The molecule has 1 unspecified atom stereocenters. The highest BCUT2D eigenvalue weighted by atomic mass is 32.1. The summed E-state index contributed by atoms with van der Waals surface area (Å²) in [6.45, 7) is 3.05. The normalized spacial score (nSPS) is 12.2. The van der Waals surface area contributed by atoms with E-state index in [1.165, 1.54) is 21.6 Å². The van der Waals surface area contributed by atoms with E-state index in [-0.39, 0.29) is 0 Å². The van der Waals surface area contributed by atoms with Gasteiger partial charge in [-0.3, -0.25) is 4.98 Å². The van der Waals surface area contributed by atoms with Crippen LogP contribution in [0.1, 0.15) is 23.4 Å². The summed E-state index contributed by atoms with van der Waals surface area (Å²) >= 11 is 1.80. The third kappa shape index (κ3) is 3.57. The summed E-state index contributed by atoms with van der Waals surface area (Å²) in [5.41, 5.74) is 3.80. The lowest BCUT2D eigenvalue weighted by molar-refractivity contribution is 0.577. The van der Waals surface area contributed by atoms with Crippen molar-refractivity contribution in [2.75, 3.05) is 0 Å². The summed E-state index contributed by atoms with van der Waals surface area (Å²) in [7, 11) is 0. The van der Waals surface area contributed by atoms with Gasteiger partial charge in [-0.05, 0) is 41.1 Å². The molecular weight excluding hydrogens is 276 g/mol. The number of hydrogen-bond acceptors (Lipinski definition) is 3. The first-order chi connectivity index (χ1) is 10.3. The van der Waals surface area contributed by atoms with Crippen LogP contribution in [-0.2, 0) is 6.54 Å². The minimum absolute atomic E-state index is 0.306. The lowest BCUT2D eigenvalue weighted by atomic mass is 10.1. The van der Waals surface area contributed by atoms with Crippen molar-refractivity contribution in [2.45, 2.75) is 19.5 Å². The molecule has 0 aliphatic rings. The van der Waals surface area contributed by atoms with Gasteiger partial charge >= 0.3 is 0 Å². The first-order valence-corrected chi connectivity index (χ1v) is 7.97. The molecule has 21 heavy (non-hydrogen) atoms. The fourth-order valence-electron chi connectivity index (χ4n) is 2.26. The van der Waals surface area contributed by atoms with Crippen LogP contribution >= 0.6 is 11.3 Å². The molecule has 3 aromatic rings.